The molecule has 1 saturated heterocycles. The Morgan fingerprint density at radius 3 is 2.61 bits per heavy atom. The Kier molecular flexibility index (Phi) is 7.28. The molecule has 1 rings (SSSR count). The minimum absolute atomic E-state index is 0.279. The Balaban J connectivity index is 2.12. The molecule has 0 atom stereocenters. The molecule has 4 heteroatoms. The monoisotopic (exact) mass is 256 g/mol. The Bertz CT molecular complexity index is 238. The van der Waals surface area contributed by atoms with Gasteiger partial charge in [-0.3, -0.25) is 4.79 Å². The average Bonchev–Trinajstić information content (AvgIpc) is 2.35. The first-order chi connectivity index (χ1) is 8.61. The van der Waals surface area contributed by atoms with Crippen molar-refractivity contribution < 1.29 is 9.90 Å². The number of rotatable bonds is 8. The number of carboxylic acid groups (broad SMARTS) is 1. The summed E-state index contributed by atoms with van der Waals surface area (Å²) in [5.74, 6) is 0.115. The maximum absolute atomic E-state index is 10.5. The lowest BCUT2D eigenvalue weighted by Crippen LogP contribution is -2.38. The highest BCUT2D eigenvalue weighted by Crippen LogP contribution is 2.18. The van der Waals surface area contributed by atoms with E-state index in [4.69, 9.17) is 5.11 Å². The van der Waals surface area contributed by atoms with Gasteiger partial charge in [0.1, 0.15) is 0 Å². The molecule has 0 aromatic rings. The van der Waals surface area contributed by atoms with Crippen LogP contribution in [0.3, 0.4) is 0 Å². The first-order valence-corrected chi connectivity index (χ1v) is 7.24. The maximum atomic E-state index is 10.5. The SMILES string of the molecule is CCCCN(C)CC1CCN(CCC(=O)O)CC1. The fourth-order valence-electron chi connectivity index (χ4n) is 2.61. The second kappa shape index (κ2) is 8.48. The Morgan fingerprint density at radius 2 is 2.06 bits per heavy atom. The van der Waals surface area contributed by atoms with E-state index in [0.717, 1.165) is 19.0 Å². The van der Waals surface area contributed by atoms with Gasteiger partial charge in [-0.25, -0.2) is 0 Å². The summed E-state index contributed by atoms with van der Waals surface area (Å²) in [4.78, 5) is 15.3. The van der Waals surface area contributed by atoms with Crippen molar-refractivity contribution in [3.63, 3.8) is 0 Å². The first kappa shape index (κ1) is 15.4. The van der Waals surface area contributed by atoms with Gasteiger partial charge in [0.25, 0.3) is 0 Å². The van der Waals surface area contributed by atoms with Crippen LogP contribution < -0.4 is 0 Å². The van der Waals surface area contributed by atoms with E-state index < -0.39 is 5.97 Å². The van der Waals surface area contributed by atoms with Gasteiger partial charge < -0.3 is 14.9 Å². The molecule has 1 aliphatic rings. The molecule has 0 radical (unpaired) electrons. The first-order valence-electron chi connectivity index (χ1n) is 7.24. The molecule has 0 aliphatic carbocycles. The summed E-state index contributed by atoms with van der Waals surface area (Å²) in [6, 6.07) is 0. The summed E-state index contributed by atoms with van der Waals surface area (Å²) in [6.07, 6.45) is 5.26. The van der Waals surface area contributed by atoms with E-state index in [2.05, 4.69) is 23.8 Å². The highest BCUT2D eigenvalue weighted by molar-refractivity contribution is 5.66. The normalized spacial score (nSPS) is 18.4. The minimum atomic E-state index is -0.684. The summed E-state index contributed by atoms with van der Waals surface area (Å²) < 4.78 is 0. The lowest BCUT2D eigenvalue weighted by atomic mass is 9.96. The van der Waals surface area contributed by atoms with Crippen LogP contribution in [0.25, 0.3) is 0 Å². The summed E-state index contributed by atoms with van der Waals surface area (Å²) in [5.41, 5.74) is 0. The van der Waals surface area contributed by atoms with Crippen LogP contribution in [0, 0.1) is 5.92 Å². The van der Waals surface area contributed by atoms with Gasteiger partial charge in [-0.1, -0.05) is 13.3 Å². The average molecular weight is 256 g/mol. The topological polar surface area (TPSA) is 43.8 Å². The van der Waals surface area contributed by atoms with Gasteiger partial charge in [0.05, 0.1) is 6.42 Å². The van der Waals surface area contributed by atoms with Crippen molar-refractivity contribution in [2.45, 2.75) is 39.0 Å². The van der Waals surface area contributed by atoms with E-state index in [1.54, 1.807) is 0 Å². The molecule has 0 saturated carbocycles. The van der Waals surface area contributed by atoms with Crippen molar-refractivity contribution in [3.8, 4) is 0 Å². The number of carbonyl (C=O) groups is 1. The molecule has 1 N–H and O–H groups in total. The summed E-state index contributed by atoms with van der Waals surface area (Å²) in [7, 11) is 2.21. The van der Waals surface area contributed by atoms with Gasteiger partial charge >= 0.3 is 5.97 Å². The summed E-state index contributed by atoms with van der Waals surface area (Å²) in [6.45, 7) is 7.49. The molecule has 18 heavy (non-hydrogen) atoms. The zero-order valence-corrected chi connectivity index (χ0v) is 11.9. The second-order valence-electron chi connectivity index (χ2n) is 5.54. The van der Waals surface area contributed by atoms with Gasteiger partial charge in [-0.2, -0.15) is 0 Å². The smallest absolute Gasteiger partial charge is 0.304 e. The van der Waals surface area contributed by atoms with Crippen LogP contribution in [-0.2, 0) is 4.79 Å². The Labute approximate surface area is 111 Å². The third-order valence-corrected chi connectivity index (χ3v) is 3.81. The molecular formula is C14H28N2O2. The Morgan fingerprint density at radius 1 is 1.39 bits per heavy atom. The highest BCUT2D eigenvalue weighted by Gasteiger charge is 2.20. The van der Waals surface area contributed by atoms with Crippen LogP contribution in [0.5, 0.6) is 0 Å². The van der Waals surface area contributed by atoms with E-state index in [1.807, 2.05) is 0 Å². The molecule has 0 bridgehead atoms. The number of hydrogen-bond acceptors (Lipinski definition) is 3. The van der Waals surface area contributed by atoms with Gasteiger partial charge in [0.15, 0.2) is 0 Å². The zero-order valence-electron chi connectivity index (χ0n) is 11.9. The zero-order chi connectivity index (χ0) is 13.4. The largest absolute Gasteiger partial charge is 0.481 e. The molecule has 0 aromatic carbocycles. The van der Waals surface area contributed by atoms with Crippen molar-refractivity contribution in [1.29, 1.82) is 0 Å². The van der Waals surface area contributed by atoms with E-state index in [1.165, 1.54) is 38.8 Å². The van der Waals surface area contributed by atoms with Crippen LogP contribution in [0.4, 0.5) is 0 Å². The van der Waals surface area contributed by atoms with E-state index >= 15 is 0 Å². The van der Waals surface area contributed by atoms with E-state index in [-0.39, 0.29) is 6.42 Å². The number of hydrogen-bond donors (Lipinski definition) is 1. The number of unbranched alkanes of at least 4 members (excludes halogenated alkanes) is 1. The molecule has 0 spiro atoms. The van der Waals surface area contributed by atoms with Crippen molar-refractivity contribution >= 4 is 5.97 Å². The van der Waals surface area contributed by atoms with Crippen molar-refractivity contribution in [2.75, 3.05) is 39.8 Å². The quantitative estimate of drug-likeness (QED) is 0.720. The predicted molar refractivity (Wildman–Crippen MR) is 73.8 cm³/mol. The fraction of sp³-hybridized carbons (Fsp3) is 0.929. The predicted octanol–water partition coefficient (Wildman–Crippen LogP) is 1.91. The van der Waals surface area contributed by atoms with Crippen molar-refractivity contribution in [3.05, 3.63) is 0 Å². The van der Waals surface area contributed by atoms with E-state index in [0.29, 0.717) is 6.54 Å². The van der Waals surface area contributed by atoms with Gasteiger partial charge in [-0.05, 0) is 51.9 Å². The highest BCUT2D eigenvalue weighted by atomic mass is 16.4. The number of nitrogens with zero attached hydrogens (tertiary/aromatic N) is 2. The summed E-state index contributed by atoms with van der Waals surface area (Å²) >= 11 is 0. The summed E-state index contributed by atoms with van der Waals surface area (Å²) in [5, 5.41) is 8.66. The molecule has 106 valence electrons. The van der Waals surface area contributed by atoms with Crippen LogP contribution in [0.1, 0.15) is 39.0 Å². The van der Waals surface area contributed by atoms with Crippen molar-refractivity contribution in [1.82, 2.24) is 9.80 Å². The molecule has 1 heterocycles. The molecule has 0 unspecified atom stereocenters. The third-order valence-electron chi connectivity index (χ3n) is 3.81. The lowest BCUT2D eigenvalue weighted by molar-refractivity contribution is -0.137. The van der Waals surface area contributed by atoms with Crippen molar-refractivity contribution in [2.24, 2.45) is 5.92 Å². The molecule has 0 amide bonds. The number of carboxylic acids is 1. The van der Waals surface area contributed by atoms with Crippen LogP contribution >= 0.6 is 0 Å². The van der Waals surface area contributed by atoms with Gasteiger partial charge in [-0.15, -0.1) is 0 Å². The maximum Gasteiger partial charge on any atom is 0.304 e. The third kappa shape index (κ3) is 6.36. The standard InChI is InChI=1S/C14H28N2O2/c1-3-4-8-15(2)12-13-5-9-16(10-6-13)11-7-14(17)18/h13H,3-12H2,1-2H3,(H,17,18). The van der Waals surface area contributed by atoms with E-state index in [9.17, 15) is 4.79 Å². The van der Waals surface area contributed by atoms with Gasteiger partial charge in [0.2, 0.25) is 0 Å². The second-order valence-corrected chi connectivity index (χ2v) is 5.54. The molecule has 1 fully saturated rings. The van der Waals surface area contributed by atoms with Crippen LogP contribution in [0.2, 0.25) is 0 Å². The number of likely N-dealkylation sites (tertiary alicyclic amines) is 1. The molecule has 0 aromatic heterocycles. The Hall–Kier alpha value is -0.610. The lowest BCUT2D eigenvalue weighted by Gasteiger charge is -2.33. The molecule has 1 aliphatic heterocycles. The minimum Gasteiger partial charge on any atom is -0.481 e. The molecular weight excluding hydrogens is 228 g/mol. The van der Waals surface area contributed by atoms with Crippen LogP contribution in [-0.4, -0.2) is 60.6 Å². The van der Waals surface area contributed by atoms with Gasteiger partial charge in [0, 0.05) is 13.1 Å². The fourth-order valence-corrected chi connectivity index (χ4v) is 2.61. The number of piperidine rings is 1. The van der Waals surface area contributed by atoms with Crippen LogP contribution in [0.15, 0.2) is 0 Å². The molecule has 4 nitrogen and oxygen atoms in total. The number of aliphatic carboxylic acids is 1.